The molecule has 0 radical (unpaired) electrons. The highest BCUT2D eigenvalue weighted by molar-refractivity contribution is 5.77. The van der Waals surface area contributed by atoms with E-state index in [0.717, 1.165) is 25.7 Å². The van der Waals surface area contributed by atoms with E-state index in [0.29, 0.717) is 38.0 Å². The van der Waals surface area contributed by atoms with Gasteiger partial charge in [0.05, 0.1) is 6.61 Å². The van der Waals surface area contributed by atoms with Crippen LogP contribution in [0.15, 0.2) is 0 Å². The molecular formula is C26H48N2O6. The van der Waals surface area contributed by atoms with Crippen LogP contribution in [0.1, 0.15) is 78.6 Å². The number of ether oxygens (including phenoxy) is 2. The zero-order chi connectivity index (χ0) is 25.1. The highest BCUT2D eigenvalue weighted by atomic mass is 16.5. The monoisotopic (exact) mass is 484 g/mol. The van der Waals surface area contributed by atoms with Gasteiger partial charge in [0.1, 0.15) is 18.3 Å². The van der Waals surface area contributed by atoms with Crippen molar-refractivity contribution in [3.63, 3.8) is 0 Å². The predicted octanol–water partition coefficient (Wildman–Crippen LogP) is 2.60. The lowest BCUT2D eigenvalue weighted by atomic mass is 9.98. The van der Waals surface area contributed by atoms with Gasteiger partial charge in [-0.1, -0.05) is 39.5 Å². The number of aliphatic hydroxyl groups excluding tert-OH is 2. The second-order valence-electron chi connectivity index (χ2n) is 10.6. The molecule has 0 bridgehead atoms. The summed E-state index contributed by atoms with van der Waals surface area (Å²) in [7, 11) is 1.47. The number of aliphatic hydroxyl groups is 2. The van der Waals surface area contributed by atoms with Crippen LogP contribution in [0.25, 0.3) is 0 Å². The van der Waals surface area contributed by atoms with Gasteiger partial charge < -0.3 is 29.5 Å². The molecule has 34 heavy (non-hydrogen) atoms. The van der Waals surface area contributed by atoms with Crippen LogP contribution in [0.2, 0.25) is 0 Å². The van der Waals surface area contributed by atoms with E-state index in [1.165, 1.54) is 39.7 Å². The molecule has 1 aliphatic carbocycles. The Labute approximate surface area is 206 Å². The quantitative estimate of drug-likeness (QED) is 0.601. The third kappa shape index (κ3) is 9.44. The van der Waals surface area contributed by atoms with Gasteiger partial charge in [0.25, 0.3) is 0 Å². The number of methoxy groups -OCH3 is 1. The number of hydrogen-bond donors (Lipinski definition) is 2. The fraction of sp³-hybridized carbons (Fsp3) is 0.923. The maximum Gasteiger partial charge on any atom is 0.222 e. The van der Waals surface area contributed by atoms with E-state index < -0.39 is 18.3 Å². The summed E-state index contributed by atoms with van der Waals surface area (Å²) in [6.07, 6.45) is 5.81. The van der Waals surface area contributed by atoms with Gasteiger partial charge in [-0.3, -0.25) is 9.59 Å². The summed E-state index contributed by atoms with van der Waals surface area (Å²) in [6.45, 7) is 7.40. The van der Waals surface area contributed by atoms with Crippen molar-refractivity contribution >= 4 is 11.8 Å². The Kier molecular flexibility index (Phi) is 12.8. The van der Waals surface area contributed by atoms with Crippen molar-refractivity contribution in [3.05, 3.63) is 0 Å². The van der Waals surface area contributed by atoms with E-state index in [9.17, 15) is 19.8 Å². The average molecular weight is 485 g/mol. The molecule has 8 nitrogen and oxygen atoms in total. The van der Waals surface area contributed by atoms with Crippen molar-refractivity contribution in [2.24, 2.45) is 11.8 Å². The lowest BCUT2D eigenvalue weighted by Gasteiger charge is -2.38. The molecule has 8 heteroatoms. The minimum absolute atomic E-state index is 0.00110. The molecular weight excluding hydrogens is 436 g/mol. The van der Waals surface area contributed by atoms with Gasteiger partial charge in [0.2, 0.25) is 11.8 Å². The van der Waals surface area contributed by atoms with Gasteiger partial charge in [-0.15, -0.1) is 0 Å². The van der Waals surface area contributed by atoms with Crippen LogP contribution < -0.4 is 0 Å². The molecule has 4 atom stereocenters. The molecule has 2 rings (SSSR count). The van der Waals surface area contributed by atoms with Crippen molar-refractivity contribution in [1.29, 1.82) is 0 Å². The van der Waals surface area contributed by atoms with Crippen molar-refractivity contribution in [2.75, 3.05) is 40.0 Å². The Morgan fingerprint density at radius 3 is 2.41 bits per heavy atom. The lowest BCUT2D eigenvalue weighted by Crippen LogP contribution is -2.53. The van der Waals surface area contributed by atoms with E-state index in [1.807, 2.05) is 4.90 Å². The number of nitrogens with zero attached hydrogens (tertiary/aromatic N) is 2. The molecule has 1 aliphatic heterocycles. The Balaban J connectivity index is 2.24. The molecule has 2 fully saturated rings. The van der Waals surface area contributed by atoms with Gasteiger partial charge in [0.15, 0.2) is 0 Å². The van der Waals surface area contributed by atoms with Crippen LogP contribution in [0.5, 0.6) is 0 Å². The molecule has 0 aromatic heterocycles. The second kappa shape index (κ2) is 15.0. The molecule has 1 saturated heterocycles. The summed E-state index contributed by atoms with van der Waals surface area (Å²) in [5.41, 5.74) is 0. The maximum atomic E-state index is 13.5. The van der Waals surface area contributed by atoms with E-state index >= 15 is 0 Å². The van der Waals surface area contributed by atoms with Gasteiger partial charge in [-0.05, 0) is 37.5 Å². The number of hydrogen-bond acceptors (Lipinski definition) is 6. The number of carbonyl (C=O) groups is 2. The first-order valence-corrected chi connectivity index (χ1v) is 13.2. The average Bonchev–Trinajstić information content (AvgIpc) is 3.31. The molecule has 2 N–H and O–H groups in total. The second-order valence-corrected chi connectivity index (χ2v) is 10.6. The normalized spacial score (nSPS) is 28.8. The number of amides is 2. The van der Waals surface area contributed by atoms with Crippen LogP contribution in [0.4, 0.5) is 0 Å². The maximum absolute atomic E-state index is 13.5. The molecule has 198 valence electrons. The molecule has 1 saturated carbocycles. The summed E-state index contributed by atoms with van der Waals surface area (Å²) < 4.78 is 11.0. The van der Waals surface area contributed by atoms with Gasteiger partial charge >= 0.3 is 0 Å². The zero-order valence-corrected chi connectivity index (χ0v) is 21.8. The summed E-state index contributed by atoms with van der Waals surface area (Å²) in [6, 6.07) is -0.108. The van der Waals surface area contributed by atoms with Crippen LogP contribution in [-0.4, -0.2) is 96.1 Å². The fourth-order valence-electron chi connectivity index (χ4n) is 5.29. The van der Waals surface area contributed by atoms with Crippen molar-refractivity contribution in [2.45, 2.75) is 103 Å². The summed E-state index contributed by atoms with van der Waals surface area (Å²) >= 11 is 0. The molecule has 2 aliphatic rings. The minimum Gasteiger partial charge on any atom is -0.388 e. The Morgan fingerprint density at radius 2 is 1.79 bits per heavy atom. The van der Waals surface area contributed by atoms with E-state index in [1.54, 1.807) is 4.90 Å². The van der Waals surface area contributed by atoms with E-state index in [2.05, 4.69) is 13.8 Å². The first kappa shape index (κ1) is 29.0. The van der Waals surface area contributed by atoms with Crippen LogP contribution in [0, 0.1) is 11.8 Å². The molecule has 1 heterocycles. The van der Waals surface area contributed by atoms with Crippen molar-refractivity contribution < 1.29 is 29.3 Å². The van der Waals surface area contributed by atoms with Gasteiger partial charge in [0, 0.05) is 52.7 Å². The number of carbonyl (C=O) groups excluding carboxylic acids is 2. The SMILES string of the molecule is CO[C@@H]1CN(C(C)=O)C[C@@H](CC(C)C)N(C(=O)CCC2CCCC2)CCCCOC[C@@H](O)[C@H]1O. The molecule has 0 aromatic carbocycles. The standard InChI is InChI=1S/C26H48N2O6/c1-19(2)15-22-16-27(20(3)29)17-24(33-4)26(32)23(30)18-34-14-8-7-13-28(22)25(31)12-11-21-9-5-6-10-21/h19,21-24,26,30,32H,5-18H2,1-4H3/t22-,23-,24-,26-/m1/s1. The number of rotatable bonds is 6. The highest BCUT2D eigenvalue weighted by Crippen LogP contribution is 2.29. The fourth-order valence-corrected chi connectivity index (χ4v) is 5.29. The topological polar surface area (TPSA) is 99.5 Å². The van der Waals surface area contributed by atoms with Crippen LogP contribution in [-0.2, 0) is 19.1 Å². The summed E-state index contributed by atoms with van der Waals surface area (Å²) in [5.74, 6) is 1.05. The third-order valence-corrected chi connectivity index (χ3v) is 7.33. The van der Waals surface area contributed by atoms with Crippen LogP contribution in [0.3, 0.4) is 0 Å². The van der Waals surface area contributed by atoms with Gasteiger partial charge in [-0.25, -0.2) is 0 Å². The molecule has 0 unspecified atom stereocenters. The largest absolute Gasteiger partial charge is 0.388 e. The van der Waals surface area contributed by atoms with Crippen molar-refractivity contribution in [1.82, 2.24) is 9.80 Å². The first-order valence-electron chi connectivity index (χ1n) is 13.2. The summed E-state index contributed by atoms with van der Waals surface area (Å²) in [4.78, 5) is 29.7. The molecule has 0 aromatic rings. The smallest absolute Gasteiger partial charge is 0.222 e. The van der Waals surface area contributed by atoms with E-state index in [-0.39, 0.29) is 31.0 Å². The predicted molar refractivity (Wildman–Crippen MR) is 131 cm³/mol. The summed E-state index contributed by atoms with van der Waals surface area (Å²) in [5, 5.41) is 21.0. The lowest BCUT2D eigenvalue weighted by molar-refractivity contribution is -0.142. The Bertz CT molecular complexity index is 610. The third-order valence-electron chi connectivity index (χ3n) is 7.33. The van der Waals surface area contributed by atoms with E-state index in [4.69, 9.17) is 9.47 Å². The first-order chi connectivity index (χ1) is 16.2. The zero-order valence-electron chi connectivity index (χ0n) is 21.8. The van der Waals surface area contributed by atoms with Gasteiger partial charge in [-0.2, -0.15) is 0 Å². The minimum atomic E-state index is -1.18. The molecule has 2 amide bonds. The van der Waals surface area contributed by atoms with Crippen molar-refractivity contribution in [3.8, 4) is 0 Å². The van der Waals surface area contributed by atoms with Crippen LogP contribution >= 0.6 is 0 Å². The molecule has 0 spiro atoms. The highest BCUT2D eigenvalue weighted by Gasteiger charge is 2.33. The Morgan fingerprint density at radius 1 is 1.09 bits per heavy atom. The Hall–Kier alpha value is -1.22.